The Labute approximate surface area is 121 Å². The van der Waals surface area contributed by atoms with Gasteiger partial charge in [0.15, 0.2) is 0 Å². The lowest BCUT2D eigenvalue weighted by Crippen LogP contribution is -2.25. The third kappa shape index (κ3) is 2.64. The zero-order valence-electron chi connectivity index (χ0n) is 11.6. The molecule has 21 heavy (non-hydrogen) atoms. The Balaban J connectivity index is 2.00. The number of ether oxygens (including phenoxy) is 1. The Morgan fingerprint density at radius 1 is 1.38 bits per heavy atom. The maximum absolute atomic E-state index is 13.4. The van der Waals surface area contributed by atoms with E-state index in [1.54, 1.807) is 6.08 Å². The smallest absolute Gasteiger partial charge is 0.282 e. The van der Waals surface area contributed by atoms with Crippen molar-refractivity contribution in [2.45, 2.75) is 6.92 Å². The Hall–Kier alpha value is -2.27. The van der Waals surface area contributed by atoms with Gasteiger partial charge in [0.25, 0.3) is 5.91 Å². The molecule has 1 aromatic rings. The van der Waals surface area contributed by atoms with Crippen LogP contribution in [0.15, 0.2) is 46.7 Å². The van der Waals surface area contributed by atoms with Crippen LogP contribution in [-0.2, 0) is 9.53 Å². The summed E-state index contributed by atoms with van der Waals surface area (Å²) in [5.41, 5.74) is 1.44. The van der Waals surface area contributed by atoms with E-state index < -0.39 is 5.82 Å². The first kappa shape index (κ1) is 13.7. The lowest BCUT2D eigenvalue weighted by atomic mass is 10.1. The number of amides is 1. The Kier molecular flexibility index (Phi) is 3.66. The maximum Gasteiger partial charge on any atom is 0.282 e. The predicted molar refractivity (Wildman–Crippen MR) is 76.3 cm³/mol. The van der Waals surface area contributed by atoms with Crippen LogP contribution in [-0.4, -0.2) is 25.6 Å². The van der Waals surface area contributed by atoms with Crippen LogP contribution in [0.2, 0.25) is 0 Å². The molecule has 5 heteroatoms. The molecule has 2 heterocycles. The molecule has 1 N–H and O–H groups in total. The summed E-state index contributed by atoms with van der Waals surface area (Å²) in [5.74, 6) is -0.324. The van der Waals surface area contributed by atoms with Crippen LogP contribution in [0.4, 0.5) is 4.39 Å². The fourth-order valence-electron chi connectivity index (χ4n) is 2.34. The van der Waals surface area contributed by atoms with E-state index in [1.165, 1.54) is 18.2 Å². The van der Waals surface area contributed by atoms with Crippen LogP contribution < -0.4 is 15.9 Å². The van der Waals surface area contributed by atoms with E-state index in [0.29, 0.717) is 28.5 Å². The van der Waals surface area contributed by atoms with E-state index in [9.17, 15) is 9.18 Å². The standard InChI is InChI=1S/C16H15FN2O2/c1-2-18-8-10-3-6-14(21-9-10)15-12-7-11(17)4-5-13(12)19-16(15)20/h3-7,18H,2,8-9H2,1H3. The number of halogens is 1. The zero-order valence-corrected chi connectivity index (χ0v) is 11.6. The highest BCUT2D eigenvalue weighted by atomic mass is 19.1. The highest BCUT2D eigenvalue weighted by molar-refractivity contribution is 6.20. The second kappa shape index (κ2) is 5.61. The number of rotatable bonds is 4. The van der Waals surface area contributed by atoms with E-state index in [1.807, 2.05) is 13.0 Å². The van der Waals surface area contributed by atoms with Gasteiger partial charge in [0, 0.05) is 11.8 Å². The molecule has 0 radical (unpaired) electrons. The van der Waals surface area contributed by atoms with Crippen molar-refractivity contribution in [3.05, 3.63) is 58.1 Å². The molecule has 0 aliphatic carbocycles. The first-order chi connectivity index (χ1) is 10.2. The Morgan fingerprint density at radius 3 is 2.95 bits per heavy atom. The van der Waals surface area contributed by atoms with Gasteiger partial charge >= 0.3 is 0 Å². The molecule has 2 aliphatic rings. The van der Waals surface area contributed by atoms with Gasteiger partial charge in [-0.3, -0.25) is 4.79 Å². The molecule has 0 unspecified atom stereocenters. The second-order valence-corrected chi connectivity index (χ2v) is 4.88. The number of hydrogen-bond acceptors (Lipinski definition) is 3. The molecular weight excluding hydrogens is 271 g/mol. The molecular formula is C16H15FN2O2. The number of likely N-dealkylation sites (N-methyl/N-ethyl adjacent to an activating group) is 1. The van der Waals surface area contributed by atoms with Crippen LogP contribution in [0.5, 0.6) is 0 Å². The molecule has 0 fully saturated rings. The first-order valence-corrected chi connectivity index (χ1v) is 6.85. The molecule has 1 amide bonds. The minimum Gasteiger partial charge on any atom is -0.488 e. The van der Waals surface area contributed by atoms with Gasteiger partial charge in [0.05, 0.1) is 10.9 Å². The fraction of sp³-hybridized carbons (Fsp3) is 0.250. The maximum atomic E-state index is 13.4. The lowest BCUT2D eigenvalue weighted by molar-refractivity contribution is -0.112. The molecule has 0 saturated heterocycles. The number of fused-ring (bicyclic) bond motifs is 1. The van der Waals surface area contributed by atoms with Crippen molar-refractivity contribution in [3.8, 4) is 0 Å². The summed E-state index contributed by atoms with van der Waals surface area (Å²) in [4.78, 5) is 15.9. The van der Waals surface area contributed by atoms with Gasteiger partial charge in [0.2, 0.25) is 0 Å². The van der Waals surface area contributed by atoms with Crippen molar-refractivity contribution in [2.24, 2.45) is 4.99 Å². The SMILES string of the molecule is CCNCC1=CC=C(C2=c3cc(F)ccc3=NC2=O)OC1. The number of carbonyl (C=O) groups is 1. The van der Waals surface area contributed by atoms with E-state index in [-0.39, 0.29) is 5.91 Å². The van der Waals surface area contributed by atoms with Gasteiger partial charge < -0.3 is 10.1 Å². The molecule has 108 valence electrons. The quantitative estimate of drug-likeness (QED) is 0.881. The number of nitrogens with zero attached hydrogens (tertiary/aromatic N) is 1. The summed E-state index contributed by atoms with van der Waals surface area (Å²) in [6.45, 7) is 4.08. The van der Waals surface area contributed by atoms with Crippen molar-refractivity contribution in [1.29, 1.82) is 0 Å². The largest absolute Gasteiger partial charge is 0.488 e. The normalized spacial score (nSPS) is 16.9. The fourth-order valence-corrected chi connectivity index (χ4v) is 2.34. The van der Waals surface area contributed by atoms with E-state index in [4.69, 9.17) is 4.74 Å². The molecule has 0 bridgehead atoms. The van der Waals surface area contributed by atoms with Crippen molar-refractivity contribution >= 4 is 11.5 Å². The average Bonchev–Trinajstić information content (AvgIpc) is 2.81. The third-order valence-corrected chi connectivity index (χ3v) is 3.40. The van der Waals surface area contributed by atoms with Crippen molar-refractivity contribution in [1.82, 2.24) is 5.32 Å². The molecule has 0 aromatic heterocycles. The summed E-state index contributed by atoms with van der Waals surface area (Å²) >= 11 is 0. The van der Waals surface area contributed by atoms with Gasteiger partial charge in [-0.25, -0.2) is 9.38 Å². The minimum absolute atomic E-state index is 0.336. The van der Waals surface area contributed by atoms with Gasteiger partial charge in [0.1, 0.15) is 18.2 Å². The van der Waals surface area contributed by atoms with Crippen molar-refractivity contribution < 1.29 is 13.9 Å². The Bertz CT molecular complexity index is 778. The summed E-state index contributed by atoms with van der Waals surface area (Å²) in [5, 5.41) is 4.20. The van der Waals surface area contributed by atoms with E-state index in [2.05, 4.69) is 10.3 Å². The first-order valence-electron chi connectivity index (χ1n) is 6.85. The summed E-state index contributed by atoms with van der Waals surface area (Å²) in [6, 6.07) is 4.12. The van der Waals surface area contributed by atoms with Gasteiger partial charge in [-0.2, -0.15) is 0 Å². The summed E-state index contributed by atoms with van der Waals surface area (Å²) in [7, 11) is 0. The highest BCUT2D eigenvalue weighted by Crippen LogP contribution is 2.20. The number of nitrogens with one attached hydrogen (secondary N) is 1. The van der Waals surface area contributed by atoms with E-state index >= 15 is 0 Å². The number of hydrogen-bond donors (Lipinski definition) is 1. The van der Waals surface area contributed by atoms with Crippen LogP contribution in [0.25, 0.3) is 5.57 Å². The van der Waals surface area contributed by atoms with Gasteiger partial charge in [-0.1, -0.05) is 13.0 Å². The third-order valence-electron chi connectivity index (χ3n) is 3.40. The monoisotopic (exact) mass is 286 g/mol. The van der Waals surface area contributed by atoms with Crippen LogP contribution in [0, 0.1) is 5.82 Å². The zero-order chi connectivity index (χ0) is 14.8. The average molecular weight is 286 g/mol. The molecule has 0 saturated carbocycles. The topological polar surface area (TPSA) is 50.7 Å². The van der Waals surface area contributed by atoms with Crippen molar-refractivity contribution in [3.63, 3.8) is 0 Å². The summed E-state index contributed by atoms with van der Waals surface area (Å²) < 4.78 is 19.0. The van der Waals surface area contributed by atoms with E-state index in [0.717, 1.165) is 18.7 Å². The van der Waals surface area contributed by atoms with Crippen molar-refractivity contribution in [2.75, 3.05) is 19.7 Å². The molecule has 0 atom stereocenters. The van der Waals surface area contributed by atoms with Crippen LogP contribution in [0.3, 0.4) is 0 Å². The number of carbonyl (C=O) groups excluding carboxylic acids is 1. The molecule has 3 rings (SSSR count). The van der Waals surface area contributed by atoms with Crippen LogP contribution in [0.1, 0.15) is 6.92 Å². The Morgan fingerprint density at radius 2 is 2.24 bits per heavy atom. The number of allylic oxidation sites excluding steroid dienone is 2. The number of benzene rings is 1. The summed E-state index contributed by atoms with van der Waals surface area (Å²) in [6.07, 6.45) is 3.68. The van der Waals surface area contributed by atoms with Crippen LogP contribution >= 0.6 is 0 Å². The molecule has 0 spiro atoms. The second-order valence-electron chi connectivity index (χ2n) is 4.88. The molecule has 4 nitrogen and oxygen atoms in total. The molecule has 2 aliphatic heterocycles. The molecule has 1 aromatic carbocycles. The minimum atomic E-state index is -0.393. The predicted octanol–water partition coefficient (Wildman–Crippen LogP) is 0.586. The van der Waals surface area contributed by atoms with Gasteiger partial charge in [-0.15, -0.1) is 0 Å². The highest BCUT2D eigenvalue weighted by Gasteiger charge is 2.23. The lowest BCUT2D eigenvalue weighted by Gasteiger charge is -2.17. The van der Waals surface area contributed by atoms with Gasteiger partial charge in [-0.05, 0) is 36.4 Å².